The first kappa shape index (κ1) is 16.1. The SMILES string of the molecule is CCC1(CO/C=C(/C)c2ccccc2)CCCCS1(=O)=O. The molecule has 1 aromatic rings. The minimum atomic E-state index is -3.05. The molecule has 0 bridgehead atoms. The molecule has 1 aromatic carbocycles. The van der Waals surface area contributed by atoms with Crippen LogP contribution < -0.4 is 0 Å². The first-order chi connectivity index (χ1) is 10.0. The van der Waals surface area contributed by atoms with Crippen LogP contribution in [0.3, 0.4) is 0 Å². The smallest absolute Gasteiger partial charge is 0.159 e. The molecule has 0 amide bonds. The highest BCUT2D eigenvalue weighted by Crippen LogP contribution is 2.34. The lowest BCUT2D eigenvalue weighted by molar-refractivity contribution is 0.193. The predicted molar refractivity (Wildman–Crippen MR) is 86.7 cm³/mol. The van der Waals surface area contributed by atoms with Crippen molar-refractivity contribution in [3.05, 3.63) is 42.2 Å². The lowest BCUT2D eigenvalue weighted by Crippen LogP contribution is -2.46. The lowest BCUT2D eigenvalue weighted by atomic mass is 9.98. The Kier molecular flexibility index (Phi) is 5.09. The van der Waals surface area contributed by atoms with Gasteiger partial charge in [-0.3, -0.25) is 0 Å². The van der Waals surface area contributed by atoms with E-state index in [-0.39, 0.29) is 6.61 Å². The maximum atomic E-state index is 12.4. The molecule has 0 aromatic heterocycles. The third-order valence-electron chi connectivity index (χ3n) is 4.44. The van der Waals surface area contributed by atoms with Crippen LogP contribution in [0.5, 0.6) is 0 Å². The van der Waals surface area contributed by atoms with Gasteiger partial charge in [-0.1, -0.05) is 43.7 Å². The molecule has 0 saturated carbocycles. The van der Waals surface area contributed by atoms with Crippen LogP contribution >= 0.6 is 0 Å². The Balaban J connectivity index is 2.07. The zero-order valence-electron chi connectivity index (χ0n) is 12.8. The van der Waals surface area contributed by atoms with Crippen molar-refractivity contribution in [2.45, 2.75) is 44.3 Å². The molecule has 1 fully saturated rings. The van der Waals surface area contributed by atoms with E-state index in [0.29, 0.717) is 18.6 Å². The minimum Gasteiger partial charge on any atom is -0.499 e. The second-order valence-corrected chi connectivity index (χ2v) is 8.29. The predicted octanol–water partition coefficient (Wildman–Crippen LogP) is 3.81. The standard InChI is InChI=1S/C17H24O3S/c1-3-17(11-7-8-12-21(17,18)19)14-20-13-15(2)16-9-5-4-6-10-16/h4-6,9-10,13H,3,7-8,11-12,14H2,1-2H3/b15-13-. The van der Waals surface area contributed by atoms with Gasteiger partial charge in [0.05, 0.1) is 12.0 Å². The van der Waals surface area contributed by atoms with Crippen LogP contribution in [0, 0.1) is 0 Å². The maximum Gasteiger partial charge on any atom is 0.159 e. The monoisotopic (exact) mass is 308 g/mol. The van der Waals surface area contributed by atoms with Crippen molar-refractivity contribution in [1.29, 1.82) is 0 Å². The van der Waals surface area contributed by atoms with Crippen LogP contribution in [-0.2, 0) is 14.6 Å². The van der Waals surface area contributed by atoms with Crippen molar-refractivity contribution in [1.82, 2.24) is 0 Å². The molecule has 4 heteroatoms. The molecule has 1 unspecified atom stereocenters. The van der Waals surface area contributed by atoms with Gasteiger partial charge in [-0.15, -0.1) is 0 Å². The molecular weight excluding hydrogens is 284 g/mol. The van der Waals surface area contributed by atoms with E-state index >= 15 is 0 Å². The molecular formula is C17H24O3S. The van der Waals surface area contributed by atoms with Crippen molar-refractivity contribution >= 4 is 15.4 Å². The van der Waals surface area contributed by atoms with E-state index in [0.717, 1.165) is 24.0 Å². The fraction of sp³-hybridized carbons (Fsp3) is 0.529. The van der Waals surface area contributed by atoms with Crippen molar-refractivity contribution in [2.75, 3.05) is 12.4 Å². The van der Waals surface area contributed by atoms with Crippen LogP contribution in [0.1, 0.15) is 45.1 Å². The second-order valence-electron chi connectivity index (χ2n) is 5.79. The van der Waals surface area contributed by atoms with Gasteiger partial charge < -0.3 is 4.74 Å². The van der Waals surface area contributed by atoms with Gasteiger partial charge in [0.2, 0.25) is 0 Å². The summed E-state index contributed by atoms with van der Waals surface area (Å²) in [4.78, 5) is 0. The largest absolute Gasteiger partial charge is 0.499 e. The first-order valence-electron chi connectivity index (χ1n) is 7.57. The number of hydrogen-bond acceptors (Lipinski definition) is 3. The Bertz CT molecular complexity index is 590. The second kappa shape index (κ2) is 6.65. The van der Waals surface area contributed by atoms with Crippen molar-refractivity contribution in [3.63, 3.8) is 0 Å². The Hall–Kier alpha value is -1.29. The van der Waals surface area contributed by atoms with Crippen LogP contribution in [0.4, 0.5) is 0 Å². The average Bonchev–Trinajstić information content (AvgIpc) is 2.49. The van der Waals surface area contributed by atoms with Gasteiger partial charge >= 0.3 is 0 Å². The molecule has 3 nitrogen and oxygen atoms in total. The fourth-order valence-corrected chi connectivity index (χ4v) is 5.02. The number of hydrogen-bond donors (Lipinski definition) is 0. The van der Waals surface area contributed by atoms with Gasteiger partial charge in [-0.2, -0.15) is 0 Å². The molecule has 0 N–H and O–H groups in total. The Morgan fingerprint density at radius 1 is 1.29 bits per heavy atom. The highest BCUT2D eigenvalue weighted by atomic mass is 32.2. The van der Waals surface area contributed by atoms with Crippen LogP contribution in [0.25, 0.3) is 5.57 Å². The van der Waals surface area contributed by atoms with E-state index in [1.54, 1.807) is 6.26 Å². The van der Waals surface area contributed by atoms with Crippen LogP contribution in [0.15, 0.2) is 36.6 Å². The third-order valence-corrected chi connectivity index (χ3v) is 7.19. The molecule has 0 aliphatic carbocycles. The molecule has 0 spiro atoms. The third kappa shape index (κ3) is 3.49. The summed E-state index contributed by atoms with van der Waals surface area (Å²) >= 11 is 0. The first-order valence-corrected chi connectivity index (χ1v) is 9.22. The normalized spacial score (nSPS) is 25.5. The number of ether oxygens (including phenoxy) is 1. The summed E-state index contributed by atoms with van der Waals surface area (Å²) in [7, 11) is -3.05. The summed E-state index contributed by atoms with van der Waals surface area (Å²) in [6.45, 7) is 4.18. The van der Waals surface area contributed by atoms with Gasteiger partial charge in [0.25, 0.3) is 0 Å². The van der Waals surface area contributed by atoms with Crippen molar-refractivity contribution in [2.24, 2.45) is 0 Å². The van der Waals surface area contributed by atoms with Gasteiger partial charge in [-0.05, 0) is 37.3 Å². The van der Waals surface area contributed by atoms with Crippen molar-refractivity contribution in [3.8, 4) is 0 Å². The zero-order chi connectivity index (χ0) is 15.3. The van der Waals surface area contributed by atoms with E-state index in [9.17, 15) is 8.42 Å². The topological polar surface area (TPSA) is 43.4 Å². The van der Waals surface area contributed by atoms with Crippen LogP contribution in [-0.4, -0.2) is 25.5 Å². The quantitative estimate of drug-likeness (QED) is 0.777. The van der Waals surface area contributed by atoms with E-state index < -0.39 is 14.6 Å². The lowest BCUT2D eigenvalue weighted by Gasteiger charge is -2.35. The molecule has 21 heavy (non-hydrogen) atoms. The average molecular weight is 308 g/mol. The minimum absolute atomic E-state index is 0.260. The number of benzene rings is 1. The summed E-state index contributed by atoms with van der Waals surface area (Å²) in [5.41, 5.74) is 2.10. The van der Waals surface area contributed by atoms with E-state index in [2.05, 4.69) is 0 Å². The van der Waals surface area contributed by atoms with E-state index in [1.165, 1.54) is 0 Å². The van der Waals surface area contributed by atoms with E-state index in [4.69, 9.17) is 4.74 Å². The molecule has 1 aliphatic heterocycles. The molecule has 1 saturated heterocycles. The molecule has 1 atom stereocenters. The van der Waals surface area contributed by atoms with Gasteiger partial charge in [-0.25, -0.2) is 8.42 Å². The molecule has 2 rings (SSSR count). The molecule has 0 radical (unpaired) electrons. The Labute approximate surface area is 127 Å². The summed E-state index contributed by atoms with van der Waals surface area (Å²) in [5.74, 6) is 0.297. The summed E-state index contributed by atoms with van der Waals surface area (Å²) in [6.07, 6.45) is 4.77. The number of allylic oxidation sites excluding steroid dienone is 1. The number of sulfone groups is 1. The summed E-state index contributed by atoms with van der Waals surface area (Å²) < 4.78 is 29.7. The van der Waals surface area contributed by atoms with Gasteiger partial charge in [0.15, 0.2) is 9.84 Å². The highest BCUT2D eigenvalue weighted by molar-refractivity contribution is 7.92. The van der Waals surface area contributed by atoms with E-state index in [1.807, 2.05) is 44.2 Å². The maximum absolute atomic E-state index is 12.4. The fourth-order valence-electron chi connectivity index (χ4n) is 2.86. The number of rotatable bonds is 5. The molecule has 1 heterocycles. The Morgan fingerprint density at radius 2 is 2.00 bits per heavy atom. The highest BCUT2D eigenvalue weighted by Gasteiger charge is 2.44. The van der Waals surface area contributed by atoms with Crippen molar-refractivity contribution < 1.29 is 13.2 Å². The van der Waals surface area contributed by atoms with Gasteiger partial charge in [0, 0.05) is 0 Å². The zero-order valence-corrected chi connectivity index (χ0v) is 13.7. The summed E-state index contributed by atoms with van der Waals surface area (Å²) in [6, 6.07) is 9.96. The van der Waals surface area contributed by atoms with Gasteiger partial charge in [0.1, 0.15) is 11.4 Å². The molecule has 1 aliphatic rings. The van der Waals surface area contributed by atoms with Crippen LogP contribution in [0.2, 0.25) is 0 Å². The molecule has 116 valence electrons. The Morgan fingerprint density at radius 3 is 2.62 bits per heavy atom. The summed E-state index contributed by atoms with van der Waals surface area (Å²) in [5, 5.41) is 0.